The lowest BCUT2D eigenvalue weighted by Crippen LogP contribution is -2.36. The van der Waals surface area contributed by atoms with Gasteiger partial charge in [-0.2, -0.15) is 5.10 Å². The van der Waals surface area contributed by atoms with Gasteiger partial charge in [-0.25, -0.2) is 5.01 Å². The molecule has 0 aliphatic carbocycles. The Morgan fingerprint density at radius 2 is 1.96 bits per heavy atom. The minimum Gasteiger partial charge on any atom is -0.479 e. The fourth-order valence-corrected chi connectivity index (χ4v) is 2.98. The van der Waals surface area contributed by atoms with E-state index >= 15 is 0 Å². The van der Waals surface area contributed by atoms with Crippen LogP contribution in [0.2, 0.25) is 0 Å². The van der Waals surface area contributed by atoms with Crippen LogP contribution in [-0.4, -0.2) is 29.5 Å². The summed E-state index contributed by atoms with van der Waals surface area (Å²) in [6, 6.07) is 14.0. The number of amides is 3. The van der Waals surface area contributed by atoms with Gasteiger partial charge in [-0.05, 0) is 37.3 Å². The van der Waals surface area contributed by atoms with E-state index in [2.05, 4.69) is 15.7 Å². The van der Waals surface area contributed by atoms with Crippen LogP contribution in [0.5, 0.6) is 5.75 Å². The molecular weight excluding hydrogens is 360 g/mol. The van der Waals surface area contributed by atoms with Gasteiger partial charge in [0.15, 0.2) is 6.10 Å². The molecule has 2 heterocycles. The quantitative estimate of drug-likeness (QED) is 0.857. The molecular formula is C20H18N4O4. The summed E-state index contributed by atoms with van der Waals surface area (Å²) in [5.41, 5.74) is 1.86. The first-order valence-electron chi connectivity index (χ1n) is 8.89. The lowest BCUT2D eigenvalue weighted by atomic mass is 10.1. The summed E-state index contributed by atoms with van der Waals surface area (Å²) in [6.45, 7) is 1.66. The fourth-order valence-electron chi connectivity index (χ4n) is 2.98. The van der Waals surface area contributed by atoms with E-state index in [4.69, 9.17) is 4.74 Å². The molecule has 2 aliphatic rings. The van der Waals surface area contributed by atoms with Gasteiger partial charge in [-0.15, -0.1) is 0 Å². The monoisotopic (exact) mass is 378 g/mol. The zero-order valence-corrected chi connectivity index (χ0v) is 15.1. The molecule has 2 aliphatic heterocycles. The van der Waals surface area contributed by atoms with E-state index in [0.29, 0.717) is 22.8 Å². The summed E-state index contributed by atoms with van der Waals surface area (Å²) in [5.74, 6) is -0.263. The Labute approximate surface area is 161 Å². The topological polar surface area (TPSA) is 100 Å². The van der Waals surface area contributed by atoms with Gasteiger partial charge in [0, 0.05) is 18.5 Å². The average Bonchev–Trinajstić information content (AvgIpc) is 2.70. The number of anilines is 3. The van der Waals surface area contributed by atoms with Crippen LogP contribution in [-0.2, 0) is 14.4 Å². The van der Waals surface area contributed by atoms with Crippen LogP contribution in [0.25, 0.3) is 0 Å². The largest absolute Gasteiger partial charge is 0.479 e. The van der Waals surface area contributed by atoms with Crippen LogP contribution in [0.15, 0.2) is 53.6 Å². The summed E-state index contributed by atoms with van der Waals surface area (Å²) < 4.78 is 5.50. The maximum atomic E-state index is 12.6. The fraction of sp³-hybridized carbons (Fsp3) is 0.200. The standard InChI is InChI=1S/C20H18N4O4/c1-12-19(26)22-16-11-13(7-9-17(16)28-12)21-20(27)15-8-10-18(25)24(23-15)14-5-3-2-4-6-14/h2-7,9,11-12H,8,10H2,1H3,(H,21,27)(H,22,26)/t12-/m0/s1. The summed E-state index contributed by atoms with van der Waals surface area (Å²) in [6.07, 6.45) is -0.102. The smallest absolute Gasteiger partial charge is 0.271 e. The third kappa shape index (κ3) is 3.44. The van der Waals surface area contributed by atoms with Gasteiger partial charge in [-0.1, -0.05) is 18.2 Å². The van der Waals surface area contributed by atoms with Crippen molar-refractivity contribution in [3.05, 3.63) is 48.5 Å². The highest BCUT2D eigenvalue weighted by molar-refractivity contribution is 6.44. The summed E-state index contributed by atoms with van der Waals surface area (Å²) in [5, 5.41) is 11.0. The van der Waals surface area contributed by atoms with Crippen LogP contribution in [0.3, 0.4) is 0 Å². The first-order chi connectivity index (χ1) is 13.5. The van der Waals surface area contributed by atoms with Crippen LogP contribution >= 0.6 is 0 Å². The van der Waals surface area contributed by atoms with E-state index in [1.807, 2.05) is 6.07 Å². The Morgan fingerprint density at radius 3 is 2.75 bits per heavy atom. The van der Waals surface area contributed by atoms with Gasteiger partial charge < -0.3 is 15.4 Å². The minimum atomic E-state index is -0.564. The normalized spacial score (nSPS) is 18.5. The maximum Gasteiger partial charge on any atom is 0.271 e. The van der Waals surface area contributed by atoms with Gasteiger partial charge in [0.05, 0.1) is 11.4 Å². The van der Waals surface area contributed by atoms with Crippen molar-refractivity contribution in [1.29, 1.82) is 0 Å². The molecule has 8 nitrogen and oxygen atoms in total. The number of para-hydroxylation sites is 1. The molecule has 8 heteroatoms. The molecule has 0 spiro atoms. The molecule has 28 heavy (non-hydrogen) atoms. The Hall–Kier alpha value is -3.68. The van der Waals surface area contributed by atoms with Crippen molar-refractivity contribution in [3.63, 3.8) is 0 Å². The maximum absolute atomic E-state index is 12.6. The van der Waals surface area contributed by atoms with Gasteiger partial charge in [0.25, 0.3) is 11.8 Å². The van der Waals surface area contributed by atoms with E-state index < -0.39 is 12.0 Å². The first kappa shape index (κ1) is 17.7. The van der Waals surface area contributed by atoms with E-state index in [-0.39, 0.29) is 30.4 Å². The van der Waals surface area contributed by atoms with Crippen molar-refractivity contribution >= 4 is 40.5 Å². The number of hydrazone groups is 1. The van der Waals surface area contributed by atoms with E-state index in [9.17, 15) is 14.4 Å². The number of benzene rings is 2. The number of rotatable bonds is 3. The number of carbonyl (C=O) groups excluding carboxylic acids is 3. The third-order valence-electron chi connectivity index (χ3n) is 4.46. The molecule has 0 aromatic heterocycles. The zero-order chi connectivity index (χ0) is 19.7. The van der Waals surface area contributed by atoms with Crippen molar-refractivity contribution in [1.82, 2.24) is 0 Å². The van der Waals surface area contributed by atoms with Crippen LogP contribution in [0, 0.1) is 0 Å². The number of ether oxygens (including phenoxy) is 1. The first-order valence-corrected chi connectivity index (χ1v) is 8.89. The SMILES string of the molecule is C[C@@H]1Oc2ccc(NC(=O)C3=NN(c4ccccc4)C(=O)CC3)cc2NC1=O. The number of nitrogens with one attached hydrogen (secondary N) is 2. The van der Waals surface area contributed by atoms with Gasteiger partial charge >= 0.3 is 0 Å². The van der Waals surface area contributed by atoms with Crippen LogP contribution in [0.4, 0.5) is 17.1 Å². The molecule has 0 saturated heterocycles. The average molecular weight is 378 g/mol. The van der Waals surface area contributed by atoms with Gasteiger partial charge in [-0.3, -0.25) is 14.4 Å². The molecule has 0 saturated carbocycles. The molecule has 3 amide bonds. The van der Waals surface area contributed by atoms with Crippen molar-refractivity contribution in [2.45, 2.75) is 25.9 Å². The van der Waals surface area contributed by atoms with Crippen LogP contribution in [0.1, 0.15) is 19.8 Å². The lowest BCUT2D eigenvalue weighted by molar-refractivity contribution is -0.122. The van der Waals surface area contributed by atoms with Gasteiger partial charge in [0.1, 0.15) is 11.5 Å². The molecule has 2 aromatic rings. The summed E-state index contributed by atoms with van der Waals surface area (Å²) in [7, 11) is 0. The highest BCUT2D eigenvalue weighted by Crippen LogP contribution is 2.32. The molecule has 0 unspecified atom stereocenters. The molecule has 2 N–H and O–H groups in total. The predicted octanol–water partition coefficient (Wildman–Crippen LogP) is 2.53. The second-order valence-corrected chi connectivity index (χ2v) is 6.50. The van der Waals surface area contributed by atoms with E-state index in [1.165, 1.54) is 5.01 Å². The van der Waals surface area contributed by atoms with E-state index in [0.717, 1.165) is 0 Å². The summed E-state index contributed by atoms with van der Waals surface area (Å²) >= 11 is 0. The molecule has 0 fully saturated rings. The molecule has 0 bridgehead atoms. The molecule has 2 aromatic carbocycles. The second-order valence-electron chi connectivity index (χ2n) is 6.50. The summed E-state index contributed by atoms with van der Waals surface area (Å²) in [4.78, 5) is 36.6. The molecule has 142 valence electrons. The number of nitrogens with zero attached hydrogens (tertiary/aromatic N) is 2. The Balaban J connectivity index is 1.53. The number of carbonyl (C=O) groups is 3. The van der Waals surface area contributed by atoms with Crippen molar-refractivity contribution < 1.29 is 19.1 Å². The molecule has 1 atom stereocenters. The predicted molar refractivity (Wildman–Crippen MR) is 104 cm³/mol. The Bertz CT molecular complexity index is 987. The van der Waals surface area contributed by atoms with Crippen molar-refractivity contribution in [2.24, 2.45) is 5.10 Å². The van der Waals surface area contributed by atoms with Crippen LogP contribution < -0.4 is 20.4 Å². The van der Waals surface area contributed by atoms with Crippen molar-refractivity contribution in [2.75, 3.05) is 15.6 Å². The highest BCUT2D eigenvalue weighted by atomic mass is 16.5. The van der Waals surface area contributed by atoms with Crippen molar-refractivity contribution in [3.8, 4) is 5.75 Å². The lowest BCUT2D eigenvalue weighted by Gasteiger charge is -2.24. The third-order valence-corrected chi connectivity index (χ3v) is 4.46. The molecule has 0 radical (unpaired) electrons. The second kappa shape index (κ2) is 7.15. The Kier molecular flexibility index (Phi) is 4.52. The highest BCUT2D eigenvalue weighted by Gasteiger charge is 2.27. The van der Waals surface area contributed by atoms with E-state index in [1.54, 1.807) is 49.4 Å². The number of hydrogen-bond acceptors (Lipinski definition) is 5. The number of hydrogen-bond donors (Lipinski definition) is 2. The minimum absolute atomic E-state index is 0.162. The Morgan fingerprint density at radius 1 is 1.18 bits per heavy atom. The molecule has 4 rings (SSSR count). The van der Waals surface area contributed by atoms with Gasteiger partial charge in [0.2, 0.25) is 5.91 Å². The zero-order valence-electron chi connectivity index (χ0n) is 15.1. The number of fused-ring (bicyclic) bond motifs is 1.